The van der Waals surface area contributed by atoms with Gasteiger partial charge in [-0.1, -0.05) is 27.4 Å². The lowest BCUT2D eigenvalue weighted by molar-refractivity contribution is -0.137. The van der Waals surface area contributed by atoms with Gasteiger partial charge in [0.25, 0.3) is 0 Å². The van der Waals surface area contributed by atoms with E-state index >= 15 is 0 Å². The lowest BCUT2D eigenvalue weighted by Crippen LogP contribution is -2.50. The molecule has 2 N–H and O–H groups in total. The second-order valence-corrected chi connectivity index (χ2v) is 9.37. The highest BCUT2D eigenvalue weighted by molar-refractivity contribution is 6.13. The number of halogens is 3. The molecule has 7 nitrogen and oxygen atoms in total. The zero-order valence-electron chi connectivity index (χ0n) is 19.5. The SMILES string of the molecule is C=CN=C1NC(=O)OC(C(C)(C)C)/C1=C(/C)c1cc(C(F)(F)F)cc(N2CCNC(C)C2)n1. The molecule has 180 valence electrons. The van der Waals surface area contributed by atoms with Crippen molar-refractivity contribution in [2.45, 2.75) is 52.9 Å². The molecule has 2 aliphatic rings. The van der Waals surface area contributed by atoms with E-state index < -0.39 is 29.4 Å². The number of alkyl carbamates (subject to hydrolysis) is 1. The molecule has 2 unspecified atom stereocenters. The first-order chi connectivity index (χ1) is 15.3. The Morgan fingerprint density at radius 3 is 2.61 bits per heavy atom. The average Bonchev–Trinajstić information content (AvgIpc) is 2.71. The second-order valence-electron chi connectivity index (χ2n) is 9.37. The average molecular weight is 466 g/mol. The maximum absolute atomic E-state index is 13.8. The first-order valence-electron chi connectivity index (χ1n) is 10.8. The van der Waals surface area contributed by atoms with E-state index in [0.29, 0.717) is 30.8 Å². The Balaban J connectivity index is 2.22. The van der Waals surface area contributed by atoms with Gasteiger partial charge in [0.15, 0.2) is 0 Å². The number of hydrogen-bond acceptors (Lipinski definition) is 6. The van der Waals surface area contributed by atoms with Crippen molar-refractivity contribution in [1.29, 1.82) is 0 Å². The van der Waals surface area contributed by atoms with Gasteiger partial charge in [-0.3, -0.25) is 5.32 Å². The topological polar surface area (TPSA) is 78.8 Å². The standard InChI is InChI=1S/C23H30F3N5O2/c1-7-27-20-18(19(22(4,5)6)33-21(32)30-20)14(3)16-10-15(23(24,25)26)11-17(29-16)31-9-8-28-13(2)12-31/h7,10-11,13,19,28H,1,8-9,12H2,2-6H3,(H,27,30,32)/b18-14+. The van der Waals surface area contributed by atoms with Crippen molar-refractivity contribution in [3.8, 4) is 0 Å². The van der Waals surface area contributed by atoms with E-state index in [1.807, 2.05) is 32.6 Å². The predicted octanol–water partition coefficient (Wildman–Crippen LogP) is 4.37. The molecule has 2 aliphatic heterocycles. The van der Waals surface area contributed by atoms with Crippen LogP contribution < -0.4 is 15.5 Å². The fraction of sp³-hybridized carbons (Fsp3) is 0.522. The van der Waals surface area contributed by atoms with E-state index in [0.717, 1.165) is 12.1 Å². The minimum Gasteiger partial charge on any atom is -0.440 e. The van der Waals surface area contributed by atoms with Crippen molar-refractivity contribution in [3.05, 3.63) is 41.7 Å². The summed E-state index contributed by atoms with van der Waals surface area (Å²) in [5, 5.41) is 5.82. The summed E-state index contributed by atoms with van der Waals surface area (Å²) in [5.41, 5.74) is -0.287. The lowest BCUT2D eigenvalue weighted by Gasteiger charge is -2.37. The van der Waals surface area contributed by atoms with Crippen LogP contribution in [0.15, 0.2) is 35.5 Å². The van der Waals surface area contributed by atoms with Crippen LogP contribution in [0.4, 0.5) is 23.8 Å². The Hall–Kier alpha value is -2.88. The third-order valence-electron chi connectivity index (χ3n) is 5.59. The number of hydrogen-bond donors (Lipinski definition) is 2. The molecule has 3 rings (SSSR count). The van der Waals surface area contributed by atoms with Crippen LogP contribution in [0.25, 0.3) is 5.57 Å². The molecule has 3 heterocycles. The molecule has 10 heteroatoms. The minimum atomic E-state index is -4.55. The maximum Gasteiger partial charge on any atom is 0.416 e. The molecule has 2 fully saturated rings. The van der Waals surface area contributed by atoms with Crippen LogP contribution in [-0.4, -0.2) is 48.7 Å². The number of aliphatic imine (C=N–C) groups is 1. The molecular weight excluding hydrogens is 435 g/mol. The Kier molecular flexibility index (Phi) is 6.88. The molecule has 1 aromatic heterocycles. The molecule has 0 aliphatic carbocycles. The van der Waals surface area contributed by atoms with Crippen molar-refractivity contribution in [2.75, 3.05) is 24.5 Å². The van der Waals surface area contributed by atoms with Crippen LogP contribution in [0.1, 0.15) is 45.9 Å². The van der Waals surface area contributed by atoms with Gasteiger partial charge in [0.1, 0.15) is 17.8 Å². The van der Waals surface area contributed by atoms with E-state index in [9.17, 15) is 18.0 Å². The predicted molar refractivity (Wildman–Crippen MR) is 122 cm³/mol. The van der Waals surface area contributed by atoms with E-state index in [1.165, 1.54) is 6.20 Å². The van der Waals surface area contributed by atoms with Crippen molar-refractivity contribution in [2.24, 2.45) is 10.4 Å². The molecule has 0 saturated carbocycles. The number of pyridine rings is 1. The van der Waals surface area contributed by atoms with Gasteiger partial charge in [0, 0.05) is 42.9 Å². The molecule has 33 heavy (non-hydrogen) atoms. The molecule has 1 aromatic rings. The molecule has 0 spiro atoms. The highest BCUT2D eigenvalue weighted by atomic mass is 19.4. The van der Waals surface area contributed by atoms with Crippen LogP contribution in [0.3, 0.4) is 0 Å². The third-order valence-corrected chi connectivity index (χ3v) is 5.59. The summed E-state index contributed by atoms with van der Waals surface area (Å²) >= 11 is 0. The van der Waals surface area contributed by atoms with Crippen LogP contribution >= 0.6 is 0 Å². The largest absolute Gasteiger partial charge is 0.440 e. The van der Waals surface area contributed by atoms with Gasteiger partial charge in [-0.05, 0) is 31.6 Å². The number of ether oxygens (including phenoxy) is 1. The molecule has 2 saturated heterocycles. The summed E-state index contributed by atoms with van der Waals surface area (Å²) in [5.74, 6) is 0.443. The number of anilines is 1. The number of carbonyl (C=O) groups is 1. The molecule has 2 atom stereocenters. The van der Waals surface area contributed by atoms with E-state index in [1.54, 1.807) is 6.92 Å². The first kappa shape index (κ1) is 24.8. The molecule has 0 aromatic carbocycles. The number of allylic oxidation sites excluding steroid dienone is 1. The number of nitrogens with one attached hydrogen (secondary N) is 2. The van der Waals surface area contributed by atoms with Crippen LogP contribution in [0.5, 0.6) is 0 Å². The molecule has 0 bridgehead atoms. The second kappa shape index (κ2) is 9.17. The molecular formula is C23H30F3N5O2. The molecule has 0 radical (unpaired) electrons. The van der Waals surface area contributed by atoms with Gasteiger partial charge in [-0.15, -0.1) is 0 Å². The zero-order valence-corrected chi connectivity index (χ0v) is 19.5. The van der Waals surface area contributed by atoms with Crippen molar-refractivity contribution in [1.82, 2.24) is 15.6 Å². The number of aromatic nitrogens is 1. The van der Waals surface area contributed by atoms with Gasteiger partial charge in [0.05, 0.1) is 11.3 Å². The van der Waals surface area contributed by atoms with Crippen molar-refractivity contribution < 1.29 is 22.7 Å². The zero-order chi connectivity index (χ0) is 24.6. The van der Waals surface area contributed by atoms with Crippen LogP contribution in [0.2, 0.25) is 0 Å². The van der Waals surface area contributed by atoms with Gasteiger partial charge in [-0.25, -0.2) is 14.8 Å². The van der Waals surface area contributed by atoms with Gasteiger partial charge < -0.3 is 15.0 Å². The smallest absolute Gasteiger partial charge is 0.416 e. The Labute approximate surface area is 191 Å². The molecule has 1 amide bonds. The summed E-state index contributed by atoms with van der Waals surface area (Å²) in [6.45, 7) is 14.6. The summed E-state index contributed by atoms with van der Waals surface area (Å²) < 4.78 is 47.0. The number of amides is 1. The third kappa shape index (κ3) is 5.55. The lowest BCUT2D eigenvalue weighted by atomic mass is 9.81. The van der Waals surface area contributed by atoms with E-state index in [2.05, 4.69) is 27.2 Å². The number of nitrogens with zero attached hydrogens (tertiary/aromatic N) is 3. The Bertz CT molecular complexity index is 995. The Morgan fingerprint density at radius 1 is 1.33 bits per heavy atom. The fourth-order valence-electron chi connectivity index (χ4n) is 3.97. The van der Waals surface area contributed by atoms with Crippen LogP contribution in [0, 0.1) is 5.41 Å². The number of carbonyl (C=O) groups excluding carboxylic acids is 1. The van der Waals surface area contributed by atoms with Gasteiger partial charge in [0.2, 0.25) is 0 Å². The minimum absolute atomic E-state index is 0.122. The number of cyclic esters (lactones) is 1. The first-order valence-corrected chi connectivity index (χ1v) is 10.8. The number of piperazine rings is 1. The number of rotatable bonds is 3. The highest BCUT2D eigenvalue weighted by Crippen LogP contribution is 2.38. The Morgan fingerprint density at radius 2 is 2.03 bits per heavy atom. The van der Waals surface area contributed by atoms with Gasteiger partial charge in [-0.2, -0.15) is 13.2 Å². The fourth-order valence-corrected chi connectivity index (χ4v) is 3.97. The number of amidine groups is 1. The van der Waals surface area contributed by atoms with E-state index in [4.69, 9.17) is 4.74 Å². The quantitative estimate of drug-likeness (QED) is 0.693. The van der Waals surface area contributed by atoms with Crippen LogP contribution in [-0.2, 0) is 10.9 Å². The normalized spacial score (nSPS) is 24.9. The summed E-state index contributed by atoms with van der Waals surface area (Å²) in [7, 11) is 0. The summed E-state index contributed by atoms with van der Waals surface area (Å²) in [6.07, 6.45) is -4.71. The van der Waals surface area contributed by atoms with Gasteiger partial charge >= 0.3 is 12.3 Å². The van der Waals surface area contributed by atoms with E-state index in [-0.39, 0.29) is 23.4 Å². The highest BCUT2D eigenvalue weighted by Gasteiger charge is 2.40. The number of alkyl halides is 3. The maximum atomic E-state index is 13.8. The monoisotopic (exact) mass is 465 g/mol. The summed E-state index contributed by atoms with van der Waals surface area (Å²) in [6, 6.07) is 2.23. The van der Waals surface area contributed by atoms with Crippen molar-refractivity contribution in [3.63, 3.8) is 0 Å². The summed E-state index contributed by atoms with van der Waals surface area (Å²) in [4.78, 5) is 22.7. The van der Waals surface area contributed by atoms with Crippen molar-refractivity contribution >= 4 is 23.3 Å².